The van der Waals surface area contributed by atoms with Crippen LogP contribution in [0.4, 0.5) is 17.1 Å². The zero-order chi connectivity index (χ0) is 31.6. The number of hydrogen-bond donors (Lipinski definition) is 0. The van der Waals surface area contributed by atoms with E-state index in [0.29, 0.717) is 0 Å². The number of fused-ring (bicyclic) bond motifs is 10. The molecular weight excluding hydrogens is 599 g/mol. The summed E-state index contributed by atoms with van der Waals surface area (Å²) >= 11 is 1.87. The second kappa shape index (κ2) is 10.8. The molecule has 0 aliphatic carbocycles. The fourth-order valence-electron chi connectivity index (χ4n) is 7.58. The number of nitrogens with zero attached hydrogens (tertiary/aromatic N) is 1. The molecule has 0 unspecified atom stereocenters. The maximum Gasteiger partial charge on any atom is 0.0554 e. The largest absolute Gasteiger partial charge is 0.310 e. The lowest BCUT2D eigenvalue weighted by Gasteiger charge is -2.27. The average molecular weight is 628 g/mol. The van der Waals surface area contributed by atoms with Gasteiger partial charge in [0.05, 0.1) is 5.69 Å². The quantitative estimate of drug-likeness (QED) is 0.176. The van der Waals surface area contributed by atoms with Crippen molar-refractivity contribution in [2.24, 2.45) is 0 Å². The number of benzene rings is 9. The van der Waals surface area contributed by atoms with Crippen molar-refractivity contribution in [3.8, 4) is 11.1 Å². The van der Waals surface area contributed by atoms with Crippen molar-refractivity contribution in [3.63, 3.8) is 0 Å². The van der Waals surface area contributed by atoms with Crippen LogP contribution in [0.5, 0.6) is 0 Å². The molecule has 0 aliphatic heterocycles. The van der Waals surface area contributed by atoms with Crippen molar-refractivity contribution in [1.82, 2.24) is 0 Å². The molecule has 9 aromatic carbocycles. The topological polar surface area (TPSA) is 3.24 Å². The first-order valence-corrected chi connectivity index (χ1v) is 17.2. The van der Waals surface area contributed by atoms with Gasteiger partial charge in [-0.15, -0.1) is 11.3 Å². The SMILES string of the molecule is c1ccc(N(c2ccc(-c3ccc4c(ccc5ccc6ccccc6c54)c3)cc2)c2cc3sc4ccccc4c3c3ccccc23)cc1. The van der Waals surface area contributed by atoms with Gasteiger partial charge in [0.25, 0.3) is 0 Å². The van der Waals surface area contributed by atoms with E-state index in [-0.39, 0.29) is 0 Å². The van der Waals surface area contributed by atoms with Crippen LogP contribution < -0.4 is 4.90 Å². The Morgan fingerprint density at radius 3 is 1.77 bits per heavy atom. The van der Waals surface area contributed by atoms with E-state index in [1.807, 2.05) is 11.3 Å². The molecule has 0 spiro atoms. The monoisotopic (exact) mass is 627 g/mol. The highest BCUT2D eigenvalue weighted by molar-refractivity contribution is 7.26. The van der Waals surface area contributed by atoms with Crippen LogP contribution in [-0.2, 0) is 0 Å². The maximum atomic E-state index is 2.41. The van der Waals surface area contributed by atoms with E-state index in [2.05, 4.69) is 181 Å². The molecule has 48 heavy (non-hydrogen) atoms. The smallest absolute Gasteiger partial charge is 0.0554 e. The van der Waals surface area contributed by atoms with Crippen molar-refractivity contribution >= 4 is 91.7 Å². The van der Waals surface area contributed by atoms with Gasteiger partial charge in [-0.3, -0.25) is 0 Å². The molecule has 1 aromatic heterocycles. The second-order valence-corrected chi connectivity index (χ2v) is 13.6. The molecule has 0 fully saturated rings. The van der Waals surface area contributed by atoms with Crippen molar-refractivity contribution in [2.75, 3.05) is 4.90 Å². The summed E-state index contributed by atoms with van der Waals surface area (Å²) < 4.78 is 2.63. The molecular formula is C46H29NS. The number of para-hydroxylation sites is 1. The fraction of sp³-hybridized carbons (Fsp3) is 0. The van der Waals surface area contributed by atoms with Crippen molar-refractivity contribution < 1.29 is 0 Å². The Morgan fingerprint density at radius 2 is 0.938 bits per heavy atom. The van der Waals surface area contributed by atoms with E-state index in [9.17, 15) is 0 Å². The van der Waals surface area contributed by atoms with Gasteiger partial charge >= 0.3 is 0 Å². The highest BCUT2D eigenvalue weighted by Gasteiger charge is 2.19. The van der Waals surface area contributed by atoms with Gasteiger partial charge < -0.3 is 4.90 Å². The van der Waals surface area contributed by atoms with E-state index in [1.54, 1.807) is 0 Å². The molecule has 0 atom stereocenters. The number of anilines is 3. The van der Waals surface area contributed by atoms with Gasteiger partial charge in [-0.05, 0) is 91.3 Å². The third-order valence-corrected chi connectivity index (χ3v) is 10.9. The number of hydrogen-bond acceptors (Lipinski definition) is 2. The summed E-state index contributed by atoms with van der Waals surface area (Å²) in [6, 6.07) is 64.4. The van der Waals surface area contributed by atoms with Crippen LogP contribution in [0.1, 0.15) is 0 Å². The lowest BCUT2D eigenvalue weighted by molar-refractivity contribution is 1.30. The van der Waals surface area contributed by atoms with E-state index in [4.69, 9.17) is 0 Å². The summed E-state index contributed by atoms with van der Waals surface area (Å²) in [5.41, 5.74) is 5.89. The summed E-state index contributed by atoms with van der Waals surface area (Å²) in [5.74, 6) is 0. The van der Waals surface area contributed by atoms with Crippen LogP contribution in [0.3, 0.4) is 0 Å². The summed E-state index contributed by atoms with van der Waals surface area (Å²) in [7, 11) is 0. The molecule has 0 radical (unpaired) electrons. The minimum Gasteiger partial charge on any atom is -0.310 e. The maximum absolute atomic E-state index is 2.41. The van der Waals surface area contributed by atoms with E-state index >= 15 is 0 Å². The molecule has 0 amide bonds. The first-order valence-electron chi connectivity index (χ1n) is 16.4. The Morgan fingerprint density at radius 1 is 0.333 bits per heavy atom. The van der Waals surface area contributed by atoms with Gasteiger partial charge in [-0.2, -0.15) is 0 Å². The minimum absolute atomic E-state index is 1.13. The molecule has 0 aliphatic rings. The number of thiophene rings is 1. The normalized spacial score (nSPS) is 11.8. The van der Waals surface area contributed by atoms with Gasteiger partial charge in [0, 0.05) is 36.9 Å². The average Bonchev–Trinajstić information content (AvgIpc) is 3.54. The van der Waals surface area contributed by atoms with E-state index < -0.39 is 0 Å². The Hall–Kier alpha value is -5.96. The zero-order valence-electron chi connectivity index (χ0n) is 26.1. The standard InChI is InChI=1S/C46H29NS/c1-2-11-35(12-3-1)47(42-29-44-46(40-15-7-6-14-39(40)42)41-16-8-9-17-43(41)48-44)36-25-22-30(23-26-36)33-24-27-38-34(28-33)21-20-32-19-18-31-10-4-5-13-37(31)45(32)38/h1-29H. The highest BCUT2D eigenvalue weighted by atomic mass is 32.1. The van der Waals surface area contributed by atoms with Crippen LogP contribution in [0.15, 0.2) is 176 Å². The number of rotatable bonds is 4. The lowest BCUT2D eigenvalue weighted by atomic mass is 9.94. The van der Waals surface area contributed by atoms with Gasteiger partial charge in [0.15, 0.2) is 0 Å². The van der Waals surface area contributed by atoms with E-state index in [0.717, 1.165) is 11.4 Å². The van der Waals surface area contributed by atoms with Crippen LogP contribution >= 0.6 is 11.3 Å². The Labute approximate surface area is 282 Å². The second-order valence-electron chi connectivity index (χ2n) is 12.5. The lowest BCUT2D eigenvalue weighted by Crippen LogP contribution is -2.10. The predicted octanol–water partition coefficient (Wildman–Crippen LogP) is 13.8. The van der Waals surface area contributed by atoms with Gasteiger partial charge in [0.2, 0.25) is 0 Å². The first-order chi connectivity index (χ1) is 23.8. The van der Waals surface area contributed by atoms with Gasteiger partial charge in [0.1, 0.15) is 0 Å². The fourth-order valence-corrected chi connectivity index (χ4v) is 8.73. The van der Waals surface area contributed by atoms with Gasteiger partial charge in [-0.1, -0.05) is 133 Å². The van der Waals surface area contributed by atoms with Crippen molar-refractivity contribution in [2.45, 2.75) is 0 Å². The van der Waals surface area contributed by atoms with Crippen molar-refractivity contribution in [3.05, 3.63) is 176 Å². The van der Waals surface area contributed by atoms with E-state index in [1.165, 1.54) is 80.1 Å². The van der Waals surface area contributed by atoms with Crippen LogP contribution in [0.2, 0.25) is 0 Å². The van der Waals surface area contributed by atoms with Crippen LogP contribution in [0.25, 0.3) is 74.4 Å². The Bertz CT molecular complexity index is 2830. The molecule has 0 bridgehead atoms. The molecule has 0 N–H and O–H groups in total. The third kappa shape index (κ3) is 4.24. The molecule has 2 heteroatoms. The molecule has 10 rings (SSSR count). The van der Waals surface area contributed by atoms with Crippen LogP contribution in [-0.4, -0.2) is 0 Å². The summed E-state index contributed by atoms with van der Waals surface area (Å²) in [6.45, 7) is 0. The third-order valence-electron chi connectivity index (χ3n) is 9.80. The van der Waals surface area contributed by atoms with Crippen molar-refractivity contribution in [1.29, 1.82) is 0 Å². The Kier molecular flexibility index (Phi) is 6.12. The summed E-state index contributed by atoms with van der Waals surface area (Å²) in [5, 5.41) is 12.9. The highest BCUT2D eigenvalue weighted by Crippen LogP contribution is 2.46. The minimum atomic E-state index is 1.13. The molecule has 10 aromatic rings. The molecule has 1 nitrogen and oxygen atoms in total. The first kappa shape index (κ1) is 27.2. The summed E-state index contributed by atoms with van der Waals surface area (Å²) in [6.07, 6.45) is 0. The van der Waals surface area contributed by atoms with Crippen LogP contribution in [0, 0.1) is 0 Å². The van der Waals surface area contributed by atoms with Gasteiger partial charge in [-0.25, -0.2) is 0 Å². The predicted molar refractivity (Wildman–Crippen MR) is 209 cm³/mol. The Balaban J connectivity index is 1.12. The molecule has 224 valence electrons. The zero-order valence-corrected chi connectivity index (χ0v) is 26.9. The molecule has 0 saturated heterocycles. The molecule has 1 heterocycles. The summed E-state index contributed by atoms with van der Waals surface area (Å²) in [4.78, 5) is 2.41. The molecule has 0 saturated carbocycles.